The maximum absolute atomic E-state index is 13.6. The molecule has 3 rings (SSSR count). The molecule has 22 heavy (non-hydrogen) atoms. The molecule has 0 saturated heterocycles. The van der Waals surface area contributed by atoms with Gasteiger partial charge in [-0.1, -0.05) is 17.8 Å². The smallest absolute Gasteiger partial charge is 0.237 e. The fraction of sp³-hybridized carbons (Fsp3) is 0.333. The summed E-state index contributed by atoms with van der Waals surface area (Å²) < 4.78 is 29.1. The van der Waals surface area contributed by atoms with Gasteiger partial charge in [-0.2, -0.15) is 0 Å². The molecule has 1 fully saturated rings. The Hall–Kier alpha value is -1.89. The molecule has 0 radical (unpaired) electrons. The number of nitrogens with zero attached hydrogens (tertiary/aromatic N) is 2. The van der Waals surface area contributed by atoms with Gasteiger partial charge in [0.05, 0.1) is 5.25 Å². The molecule has 0 aliphatic heterocycles. The predicted octanol–water partition coefficient (Wildman–Crippen LogP) is 3.62. The van der Waals surface area contributed by atoms with E-state index in [1.165, 1.54) is 17.8 Å². The van der Waals surface area contributed by atoms with Crippen LogP contribution in [0.25, 0.3) is 0 Å². The van der Waals surface area contributed by atoms with Crippen molar-refractivity contribution >= 4 is 23.4 Å². The molecular weight excluding hydrogens is 308 g/mol. The van der Waals surface area contributed by atoms with Gasteiger partial charge < -0.3 is 9.88 Å². The lowest BCUT2D eigenvalue weighted by molar-refractivity contribution is -0.115. The SMILES string of the molecule is C[C@@H](Sc1nccn1C1CC1)C(=O)Nc1c(F)cccc1F. The number of imidazole rings is 1. The quantitative estimate of drug-likeness (QED) is 0.855. The van der Waals surface area contributed by atoms with E-state index < -0.39 is 28.5 Å². The molecule has 1 saturated carbocycles. The first-order valence-corrected chi connectivity index (χ1v) is 7.88. The van der Waals surface area contributed by atoms with Crippen LogP contribution in [0.3, 0.4) is 0 Å². The van der Waals surface area contributed by atoms with Crippen molar-refractivity contribution in [1.29, 1.82) is 0 Å². The summed E-state index contributed by atoms with van der Waals surface area (Å²) in [5, 5.41) is 2.54. The number of hydrogen-bond donors (Lipinski definition) is 1. The first-order valence-electron chi connectivity index (χ1n) is 7.00. The average Bonchev–Trinajstić information content (AvgIpc) is 3.23. The molecule has 4 nitrogen and oxygen atoms in total. The van der Waals surface area contributed by atoms with Gasteiger partial charge in [0.1, 0.15) is 17.3 Å². The minimum Gasteiger partial charge on any atom is -0.323 e. The molecule has 1 amide bonds. The molecule has 7 heteroatoms. The molecule has 1 aliphatic carbocycles. The number of para-hydroxylation sites is 1. The number of carbonyl (C=O) groups excluding carboxylic acids is 1. The van der Waals surface area contributed by atoms with Crippen molar-refractivity contribution < 1.29 is 13.6 Å². The van der Waals surface area contributed by atoms with Crippen LogP contribution in [0.4, 0.5) is 14.5 Å². The summed E-state index contributed by atoms with van der Waals surface area (Å²) in [6.07, 6.45) is 5.82. The lowest BCUT2D eigenvalue weighted by atomic mass is 10.3. The van der Waals surface area contributed by atoms with Gasteiger partial charge in [0.15, 0.2) is 5.16 Å². The minimum atomic E-state index is -0.787. The highest BCUT2D eigenvalue weighted by Crippen LogP contribution is 2.38. The lowest BCUT2D eigenvalue weighted by Crippen LogP contribution is -2.24. The number of amides is 1. The second kappa shape index (κ2) is 6.08. The fourth-order valence-corrected chi connectivity index (χ4v) is 3.01. The van der Waals surface area contributed by atoms with Crippen molar-refractivity contribution in [2.24, 2.45) is 0 Å². The zero-order valence-electron chi connectivity index (χ0n) is 11.9. The maximum Gasteiger partial charge on any atom is 0.237 e. The molecule has 0 unspecified atom stereocenters. The largest absolute Gasteiger partial charge is 0.323 e. The number of aromatic nitrogens is 2. The summed E-state index contributed by atoms with van der Waals surface area (Å²) in [5.74, 6) is -2.03. The third-order valence-corrected chi connectivity index (χ3v) is 4.53. The summed E-state index contributed by atoms with van der Waals surface area (Å²) in [6.45, 7) is 1.69. The summed E-state index contributed by atoms with van der Waals surface area (Å²) in [7, 11) is 0. The summed E-state index contributed by atoms with van der Waals surface area (Å²) in [4.78, 5) is 16.4. The Labute approximate surface area is 130 Å². The van der Waals surface area contributed by atoms with Gasteiger partial charge in [-0.3, -0.25) is 4.79 Å². The molecular formula is C15H15F2N3OS. The lowest BCUT2D eigenvalue weighted by Gasteiger charge is -2.13. The third-order valence-electron chi connectivity index (χ3n) is 3.44. The molecule has 1 atom stereocenters. The normalized spacial score (nSPS) is 15.6. The van der Waals surface area contributed by atoms with Gasteiger partial charge in [0, 0.05) is 18.4 Å². The minimum absolute atomic E-state index is 0.412. The Morgan fingerprint density at radius 1 is 1.41 bits per heavy atom. The Kier molecular flexibility index (Phi) is 4.15. The van der Waals surface area contributed by atoms with E-state index in [9.17, 15) is 13.6 Å². The number of carbonyl (C=O) groups is 1. The van der Waals surface area contributed by atoms with E-state index >= 15 is 0 Å². The van der Waals surface area contributed by atoms with Crippen LogP contribution >= 0.6 is 11.8 Å². The van der Waals surface area contributed by atoms with Gasteiger partial charge in [-0.05, 0) is 31.9 Å². The number of hydrogen-bond acceptors (Lipinski definition) is 3. The second-order valence-electron chi connectivity index (χ2n) is 5.19. The van der Waals surface area contributed by atoms with E-state index in [2.05, 4.69) is 10.3 Å². The van der Waals surface area contributed by atoms with Crippen molar-refractivity contribution in [2.45, 2.75) is 36.2 Å². The summed E-state index contributed by atoms with van der Waals surface area (Å²) in [5.41, 5.74) is -0.412. The molecule has 1 heterocycles. The molecule has 1 aromatic heterocycles. The Balaban J connectivity index is 1.68. The molecule has 116 valence electrons. The summed E-state index contributed by atoms with van der Waals surface area (Å²) >= 11 is 1.28. The van der Waals surface area contributed by atoms with Crippen LogP contribution in [-0.2, 0) is 4.79 Å². The van der Waals surface area contributed by atoms with Crippen molar-refractivity contribution in [1.82, 2.24) is 9.55 Å². The number of thioether (sulfide) groups is 1. The number of halogens is 2. The van der Waals surface area contributed by atoms with Crippen molar-refractivity contribution in [3.05, 3.63) is 42.2 Å². The topological polar surface area (TPSA) is 46.9 Å². The third kappa shape index (κ3) is 3.14. The number of anilines is 1. The van der Waals surface area contributed by atoms with E-state index in [1.807, 2.05) is 10.8 Å². The molecule has 0 bridgehead atoms. The van der Waals surface area contributed by atoms with Gasteiger partial charge in [0.2, 0.25) is 5.91 Å². The first-order chi connectivity index (χ1) is 10.6. The average molecular weight is 323 g/mol. The number of benzene rings is 1. The van der Waals surface area contributed by atoms with Gasteiger partial charge in [-0.15, -0.1) is 0 Å². The first kappa shape index (κ1) is 15.0. The standard InChI is InChI=1S/C15H15F2N3OS/c1-9(22-15-18-7-8-20(15)10-5-6-10)14(21)19-13-11(16)3-2-4-12(13)17/h2-4,7-10H,5-6H2,1H3,(H,19,21)/t9-/m1/s1. The Morgan fingerprint density at radius 3 is 2.73 bits per heavy atom. The van der Waals surface area contributed by atoms with E-state index in [0.717, 1.165) is 30.1 Å². The fourth-order valence-electron chi connectivity index (χ4n) is 2.07. The van der Waals surface area contributed by atoms with Gasteiger partial charge >= 0.3 is 0 Å². The zero-order valence-corrected chi connectivity index (χ0v) is 12.7. The van der Waals surface area contributed by atoms with Crippen LogP contribution in [0.5, 0.6) is 0 Å². The van der Waals surface area contributed by atoms with Crippen molar-refractivity contribution in [2.75, 3.05) is 5.32 Å². The van der Waals surface area contributed by atoms with Crippen molar-refractivity contribution in [3.63, 3.8) is 0 Å². The van der Waals surface area contributed by atoms with Crippen LogP contribution in [0.2, 0.25) is 0 Å². The zero-order chi connectivity index (χ0) is 15.7. The molecule has 1 aliphatic rings. The maximum atomic E-state index is 13.6. The highest BCUT2D eigenvalue weighted by atomic mass is 32.2. The number of rotatable bonds is 5. The van der Waals surface area contributed by atoms with Crippen LogP contribution in [0.15, 0.2) is 35.7 Å². The Bertz CT molecular complexity index is 680. The van der Waals surface area contributed by atoms with E-state index in [-0.39, 0.29) is 0 Å². The van der Waals surface area contributed by atoms with Crippen LogP contribution in [0.1, 0.15) is 25.8 Å². The van der Waals surface area contributed by atoms with Crippen LogP contribution in [0, 0.1) is 11.6 Å². The molecule has 1 aromatic carbocycles. The van der Waals surface area contributed by atoms with Crippen LogP contribution < -0.4 is 5.32 Å². The molecule has 2 aromatic rings. The van der Waals surface area contributed by atoms with Crippen LogP contribution in [-0.4, -0.2) is 20.7 Å². The highest BCUT2D eigenvalue weighted by molar-refractivity contribution is 8.00. The van der Waals surface area contributed by atoms with E-state index in [0.29, 0.717) is 6.04 Å². The predicted molar refractivity (Wildman–Crippen MR) is 80.8 cm³/mol. The van der Waals surface area contributed by atoms with E-state index in [1.54, 1.807) is 13.1 Å². The number of nitrogens with one attached hydrogen (secondary N) is 1. The summed E-state index contributed by atoms with van der Waals surface area (Å²) in [6, 6.07) is 3.93. The van der Waals surface area contributed by atoms with Gasteiger partial charge in [0.25, 0.3) is 0 Å². The molecule has 1 N–H and O–H groups in total. The highest BCUT2D eigenvalue weighted by Gasteiger charge is 2.27. The van der Waals surface area contributed by atoms with E-state index in [4.69, 9.17) is 0 Å². The second-order valence-corrected chi connectivity index (χ2v) is 6.50. The monoisotopic (exact) mass is 323 g/mol. The molecule has 0 spiro atoms. The van der Waals surface area contributed by atoms with Crippen molar-refractivity contribution in [3.8, 4) is 0 Å². The Morgan fingerprint density at radius 2 is 2.09 bits per heavy atom. The van der Waals surface area contributed by atoms with Gasteiger partial charge in [-0.25, -0.2) is 13.8 Å².